The number of halogens is 1. The van der Waals surface area contributed by atoms with Crippen LogP contribution in [0, 0.1) is 6.92 Å². The number of carbonyl (C=O) groups excluding carboxylic acids is 1. The molecule has 2 rings (SSSR count). The Kier molecular flexibility index (Phi) is 3.43. The van der Waals surface area contributed by atoms with Crippen molar-refractivity contribution in [3.05, 3.63) is 46.9 Å². The third kappa shape index (κ3) is 2.57. The normalized spacial score (nSPS) is 10.1. The second-order valence-electron chi connectivity index (χ2n) is 3.66. The van der Waals surface area contributed by atoms with Gasteiger partial charge in [-0.2, -0.15) is 0 Å². The van der Waals surface area contributed by atoms with Gasteiger partial charge in [0.2, 0.25) is 0 Å². The van der Waals surface area contributed by atoms with Crippen molar-refractivity contribution in [2.75, 3.05) is 11.1 Å². The quantitative estimate of drug-likeness (QED) is 0.870. The molecule has 1 amide bonds. The molecule has 0 bridgehead atoms. The fourth-order valence-corrected chi connectivity index (χ4v) is 1.61. The van der Waals surface area contributed by atoms with E-state index in [0.29, 0.717) is 11.4 Å². The molecule has 0 saturated carbocycles. The van der Waals surface area contributed by atoms with Crippen LogP contribution in [0.2, 0.25) is 5.02 Å². The lowest BCUT2D eigenvalue weighted by molar-refractivity contribution is 0.102. The molecule has 0 spiro atoms. The van der Waals surface area contributed by atoms with Gasteiger partial charge in [-0.3, -0.25) is 9.78 Å². The van der Waals surface area contributed by atoms with Crippen LogP contribution in [0.15, 0.2) is 30.5 Å². The summed E-state index contributed by atoms with van der Waals surface area (Å²) in [5.41, 5.74) is 6.95. The molecular formula is C12H11ClN4O. The zero-order valence-corrected chi connectivity index (χ0v) is 10.4. The second-order valence-corrected chi connectivity index (χ2v) is 4.06. The summed E-state index contributed by atoms with van der Waals surface area (Å²) in [6, 6.07) is 6.56. The van der Waals surface area contributed by atoms with Crippen molar-refractivity contribution in [1.29, 1.82) is 0 Å². The average Bonchev–Trinajstić information content (AvgIpc) is 2.35. The zero-order chi connectivity index (χ0) is 13.1. The van der Waals surface area contributed by atoms with Crippen molar-refractivity contribution in [1.82, 2.24) is 9.97 Å². The van der Waals surface area contributed by atoms with Crippen LogP contribution in [0.4, 0.5) is 11.5 Å². The van der Waals surface area contributed by atoms with E-state index in [1.54, 1.807) is 25.3 Å². The molecule has 0 atom stereocenters. The molecule has 5 nitrogen and oxygen atoms in total. The standard InChI is InChI=1S/C12H11ClN4O/c1-7-9(3-2-6-15-7)16-12(18)11-8(13)4-5-10(14)17-11/h2-6H,1H3,(H2,14,17)(H,16,18). The van der Waals surface area contributed by atoms with E-state index in [-0.39, 0.29) is 16.5 Å². The first kappa shape index (κ1) is 12.3. The Labute approximate surface area is 109 Å². The van der Waals surface area contributed by atoms with Crippen LogP contribution in [0.25, 0.3) is 0 Å². The van der Waals surface area contributed by atoms with Gasteiger partial charge in [0.1, 0.15) is 11.5 Å². The minimum absolute atomic E-state index is 0.0971. The highest BCUT2D eigenvalue weighted by Gasteiger charge is 2.13. The van der Waals surface area contributed by atoms with Crippen molar-refractivity contribution >= 4 is 29.0 Å². The molecule has 2 aromatic rings. The Morgan fingerprint density at radius 2 is 2.17 bits per heavy atom. The summed E-state index contributed by atoms with van der Waals surface area (Å²) in [6.45, 7) is 1.80. The van der Waals surface area contributed by atoms with Crippen LogP contribution in [-0.4, -0.2) is 15.9 Å². The van der Waals surface area contributed by atoms with Gasteiger partial charge in [0.25, 0.3) is 5.91 Å². The van der Waals surface area contributed by atoms with E-state index in [1.807, 2.05) is 0 Å². The predicted molar refractivity (Wildman–Crippen MR) is 70.6 cm³/mol. The van der Waals surface area contributed by atoms with Gasteiger partial charge in [-0.25, -0.2) is 4.98 Å². The molecule has 0 aliphatic heterocycles. The Bertz CT molecular complexity index is 600. The Hall–Kier alpha value is -2.14. The number of hydrogen-bond acceptors (Lipinski definition) is 4. The highest BCUT2D eigenvalue weighted by atomic mass is 35.5. The molecule has 92 valence electrons. The van der Waals surface area contributed by atoms with Crippen LogP contribution in [-0.2, 0) is 0 Å². The maximum atomic E-state index is 12.0. The largest absolute Gasteiger partial charge is 0.384 e. The molecule has 0 radical (unpaired) electrons. The van der Waals surface area contributed by atoms with Gasteiger partial charge in [0.15, 0.2) is 0 Å². The number of aryl methyl sites for hydroxylation is 1. The van der Waals surface area contributed by atoms with E-state index in [0.717, 1.165) is 0 Å². The van der Waals surface area contributed by atoms with E-state index in [9.17, 15) is 4.79 Å². The lowest BCUT2D eigenvalue weighted by Crippen LogP contribution is -2.16. The zero-order valence-electron chi connectivity index (χ0n) is 9.64. The number of hydrogen-bond donors (Lipinski definition) is 2. The van der Waals surface area contributed by atoms with Gasteiger partial charge in [-0.15, -0.1) is 0 Å². The summed E-state index contributed by atoms with van der Waals surface area (Å²) in [5, 5.41) is 2.94. The van der Waals surface area contributed by atoms with Crippen LogP contribution in [0.5, 0.6) is 0 Å². The lowest BCUT2D eigenvalue weighted by atomic mass is 10.3. The fourth-order valence-electron chi connectivity index (χ4n) is 1.41. The minimum atomic E-state index is -0.414. The molecule has 3 N–H and O–H groups in total. The maximum absolute atomic E-state index is 12.0. The van der Waals surface area contributed by atoms with Gasteiger partial charge >= 0.3 is 0 Å². The molecule has 0 unspecified atom stereocenters. The fraction of sp³-hybridized carbons (Fsp3) is 0.0833. The van der Waals surface area contributed by atoms with Crippen LogP contribution in [0.3, 0.4) is 0 Å². The van der Waals surface area contributed by atoms with Crippen LogP contribution >= 0.6 is 11.6 Å². The first-order valence-electron chi connectivity index (χ1n) is 5.23. The molecule has 0 fully saturated rings. The Balaban J connectivity index is 2.28. The molecule has 6 heteroatoms. The molecule has 2 aromatic heterocycles. The summed E-state index contributed by atoms with van der Waals surface area (Å²) >= 11 is 5.90. The molecule has 0 saturated heterocycles. The topological polar surface area (TPSA) is 80.9 Å². The van der Waals surface area contributed by atoms with E-state index < -0.39 is 5.91 Å². The molecule has 0 aliphatic carbocycles. The van der Waals surface area contributed by atoms with Crippen LogP contribution in [0.1, 0.15) is 16.2 Å². The number of anilines is 2. The van der Waals surface area contributed by atoms with Gasteiger partial charge in [-0.1, -0.05) is 11.6 Å². The lowest BCUT2D eigenvalue weighted by Gasteiger charge is -2.08. The maximum Gasteiger partial charge on any atom is 0.275 e. The van der Waals surface area contributed by atoms with Crippen molar-refractivity contribution < 1.29 is 4.79 Å². The Morgan fingerprint density at radius 1 is 1.39 bits per heavy atom. The number of nitrogens with two attached hydrogens (primary N) is 1. The molecule has 2 heterocycles. The van der Waals surface area contributed by atoms with E-state index >= 15 is 0 Å². The molecule has 18 heavy (non-hydrogen) atoms. The predicted octanol–water partition coefficient (Wildman–Crippen LogP) is 2.27. The molecule has 0 aliphatic rings. The molecule has 0 aromatic carbocycles. The van der Waals surface area contributed by atoms with E-state index in [1.165, 1.54) is 12.1 Å². The van der Waals surface area contributed by atoms with E-state index in [2.05, 4.69) is 15.3 Å². The Morgan fingerprint density at radius 3 is 2.89 bits per heavy atom. The second kappa shape index (κ2) is 5.01. The van der Waals surface area contributed by atoms with Gasteiger partial charge in [0.05, 0.1) is 16.4 Å². The van der Waals surface area contributed by atoms with Gasteiger partial charge in [-0.05, 0) is 31.2 Å². The summed E-state index contributed by atoms with van der Waals surface area (Å²) in [5.74, 6) is -0.171. The number of carbonyl (C=O) groups is 1. The van der Waals surface area contributed by atoms with Crippen molar-refractivity contribution in [2.45, 2.75) is 6.92 Å². The highest BCUT2D eigenvalue weighted by molar-refractivity contribution is 6.34. The number of rotatable bonds is 2. The number of amides is 1. The van der Waals surface area contributed by atoms with Gasteiger partial charge < -0.3 is 11.1 Å². The number of nitrogen functional groups attached to an aromatic ring is 1. The number of pyridine rings is 2. The summed E-state index contributed by atoms with van der Waals surface area (Å²) < 4.78 is 0. The molecular weight excluding hydrogens is 252 g/mol. The van der Waals surface area contributed by atoms with E-state index in [4.69, 9.17) is 17.3 Å². The minimum Gasteiger partial charge on any atom is -0.384 e. The summed E-state index contributed by atoms with van der Waals surface area (Å²) in [4.78, 5) is 20.0. The van der Waals surface area contributed by atoms with Crippen molar-refractivity contribution in [3.8, 4) is 0 Å². The SMILES string of the molecule is Cc1ncccc1NC(=O)c1nc(N)ccc1Cl. The summed E-state index contributed by atoms with van der Waals surface area (Å²) in [6.07, 6.45) is 1.65. The first-order valence-corrected chi connectivity index (χ1v) is 5.60. The number of aromatic nitrogens is 2. The number of nitrogens with zero attached hydrogens (tertiary/aromatic N) is 2. The summed E-state index contributed by atoms with van der Waals surface area (Å²) in [7, 11) is 0. The first-order chi connectivity index (χ1) is 8.58. The van der Waals surface area contributed by atoms with Crippen LogP contribution < -0.4 is 11.1 Å². The third-order valence-corrected chi connectivity index (χ3v) is 2.64. The average molecular weight is 263 g/mol. The number of nitrogens with one attached hydrogen (secondary N) is 1. The van der Waals surface area contributed by atoms with Crippen molar-refractivity contribution in [3.63, 3.8) is 0 Å². The highest BCUT2D eigenvalue weighted by Crippen LogP contribution is 2.18. The monoisotopic (exact) mass is 262 g/mol. The smallest absolute Gasteiger partial charge is 0.275 e. The van der Waals surface area contributed by atoms with Crippen molar-refractivity contribution in [2.24, 2.45) is 0 Å². The van der Waals surface area contributed by atoms with Gasteiger partial charge in [0, 0.05) is 6.20 Å². The third-order valence-electron chi connectivity index (χ3n) is 2.34.